The number of benzene rings is 2. The maximum Gasteiger partial charge on any atom is 0.220 e. The normalized spacial score (nSPS) is 22.3. The minimum Gasteiger partial charge on any atom is -0.463 e. The first kappa shape index (κ1) is 13.6. The summed E-state index contributed by atoms with van der Waals surface area (Å²) in [4.78, 5) is 17.0. The number of hydrogen-bond donors (Lipinski definition) is 1. The number of carbonyl (C=O) groups excluding carboxylic acids is 1. The molecular weight excluding hydrogens is 323 g/mol. The van der Waals surface area contributed by atoms with Crippen LogP contribution in [-0.4, -0.2) is 17.7 Å². The van der Waals surface area contributed by atoms with Crippen molar-refractivity contribution in [2.75, 3.05) is 5.32 Å². The SMILES string of the molecule is O=C1[C@H]2Nc3ccccc3N=C2O[C@@H]1c1ccc(Cl)c(Cl)c1. The Labute approximate surface area is 136 Å². The smallest absolute Gasteiger partial charge is 0.220 e. The van der Waals surface area contributed by atoms with Gasteiger partial charge in [-0.25, -0.2) is 4.99 Å². The van der Waals surface area contributed by atoms with Crippen LogP contribution in [0.15, 0.2) is 47.5 Å². The minimum atomic E-state index is -0.722. The van der Waals surface area contributed by atoms with Crippen LogP contribution in [0.2, 0.25) is 10.0 Å². The van der Waals surface area contributed by atoms with Crippen LogP contribution in [0, 0.1) is 0 Å². The summed E-state index contributed by atoms with van der Waals surface area (Å²) in [5, 5.41) is 4.00. The molecule has 0 aliphatic carbocycles. The highest BCUT2D eigenvalue weighted by Crippen LogP contribution is 2.38. The third-order valence-corrected chi connectivity index (χ3v) is 4.45. The van der Waals surface area contributed by atoms with Crippen LogP contribution in [0.1, 0.15) is 11.7 Å². The second kappa shape index (κ2) is 5.00. The van der Waals surface area contributed by atoms with E-state index in [2.05, 4.69) is 10.3 Å². The van der Waals surface area contributed by atoms with E-state index in [1.165, 1.54) is 0 Å². The number of rotatable bonds is 1. The Morgan fingerprint density at radius 3 is 2.73 bits per heavy atom. The molecule has 4 rings (SSSR count). The van der Waals surface area contributed by atoms with Gasteiger partial charge in [0, 0.05) is 5.56 Å². The van der Waals surface area contributed by atoms with Crippen molar-refractivity contribution in [3.63, 3.8) is 0 Å². The molecule has 2 aromatic rings. The third kappa shape index (κ3) is 2.07. The van der Waals surface area contributed by atoms with E-state index in [-0.39, 0.29) is 5.78 Å². The summed E-state index contributed by atoms with van der Waals surface area (Å²) in [6.07, 6.45) is -0.722. The number of para-hydroxylation sites is 2. The molecule has 2 aliphatic rings. The van der Waals surface area contributed by atoms with Gasteiger partial charge in [-0.3, -0.25) is 4.79 Å². The molecule has 0 radical (unpaired) electrons. The first-order valence-electron chi connectivity index (χ1n) is 6.73. The van der Waals surface area contributed by atoms with Gasteiger partial charge in [0.15, 0.2) is 12.1 Å². The van der Waals surface area contributed by atoms with Crippen LogP contribution in [-0.2, 0) is 9.53 Å². The number of aliphatic imine (C=N–C) groups is 1. The van der Waals surface area contributed by atoms with Crippen LogP contribution in [0.3, 0.4) is 0 Å². The lowest BCUT2D eigenvalue weighted by Crippen LogP contribution is -2.33. The molecule has 0 aromatic heterocycles. The number of ketones is 1. The number of carbonyl (C=O) groups is 1. The van der Waals surface area contributed by atoms with Gasteiger partial charge in [-0.05, 0) is 24.3 Å². The molecule has 110 valence electrons. The monoisotopic (exact) mass is 332 g/mol. The van der Waals surface area contributed by atoms with Gasteiger partial charge < -0.3 is 10.1 Å². The lowest BCUT2D eigenvalue weighted by Gasteiger charge is -2.18. The van der Waals surface area contributed by atoms with Crippen molar-refractivity contribution in [3.05, 3.63) is 58.1 Å². The topological polar surface area (TPSA) is 50.7 Å². The summed E-state index contributed by atoms with van der Waals surface area (Å²) in [7, 11) is 0. The van der Waals surface area contributed by atoms with E-state index < -0.39 is 12.1 Å². The molecule has 6 heteroatoms. The summed E-state index contributed by atoms with van der Waals surface area (Å²) >= 11 is 11.9. The first-order valence-corrected chi connectivity index (χ1v) is 7.48. The molecule has 1 saturated heterocycles. The van der Waals surface area contributed by atoms with Gasteiger partial charge in [0.1, 0.15) is 0 Å². The molecular formula is C16H10Cl2N2O2. The average molecular weight is 333 g/mol. The lowest BCUT2D eigenvalue weighted by atomic mass is 10.0. The van der Waals surface area contributed by atoms with Crippen LogP contribution in [0.4, 0.5) is 11.4 Å². The second-order valence-electron chi connectivity index (χ2n) is 5.12. The molecule has 2 atom stereocenters. The number of fused-ring (bicyclic) bond motifs is 2. The molecule has 0 amide bonds. The van der Waals surface area contributed by atoms with E-state index in [1.807, 2.05) is 24.3 Å². The van der Waals surface area contributed by atoms with Crippen LogP contribution in [0.25, 0.3) is 0 Å². The lowest BCUT2D eigenvalue weighted by molar-refractivity contribution is -0.122. The Bertz CT molecular complexity index is 820. The molecule has 2 aliphatic heterocycles. The van der Waals surface area contributed by atoms with Gasteiger partial charge in [0.05, 0.1) is 21.4 Å². The van der Waals surface area contributed by atoms with E-state index in [0.29, 0.717) is 21.5 Å². The number of hydrogen-bond acceptors (Lipinski definition) is 4. The molecule has 1 N–H and O–H groups in total. The molecule has 0 unspecified atom stereocenters. The molecule has 4 nitrogen and oxygen atoms in total. The Balaban J connectivity index is 1.70. The molecule has 1 fully saturated rings. The van der Waals surface area contributed by atoms with Crippen molar-refractivity contribution >= 4 is 46.3 Å². The summed E-state index contributed by atoms with van der Waals surface area (Å²) in [5.41, 5.74) is 2.25. The van der Waals surface area contributed by atoms with Crippen LogP contribution < -0.4 is 5.32 Å². The Morgan fingerprint density at radius 2 is 1.91 bits per heavy atom. The molecule has 22 heavy (non-hydrogen) atoms. The molecule has 0 saturated carbocycles. The molecule has 0 spiro atoms. The van der Waals surface area contributed by atoms with Crippen molar-refractivity contribution in [2.24, 2.45) is 4.99 Å². The van der Waals surface area contributed by atoms with Gasteiger partial charge in [-0.2, -0.15) is 0 Å². The zero-order chi connectivity index (χ0) is 15.3. The Kier molecular flexibility index (Phi) is 3.10. The number of nitrogens with one attached hydrogen (secondary N) is 1. The maximum absolute atomic E-state index is 12.6. The first-order chi connectivity index (χ1) is 10.6. The van der Waals surface area contributed by atoms with Crippen LogP contribution >= 0.6 is 23.2 Å². The fourth-order valence-electron chi connectivity index (χ4n) is 2.62. The zero-order valence-corrected chi connectivity index (χ0v) is 12.7. The van der Waals surface area contributed by atoms with E-state index in [1.54, 1.807) is 18.2 Å². The zero-order valence-electron chi connectivity index (χ0n) is 11.2. The number of anilines is 1. The van der Waals surface area contributed by atoms with E-state index in [4.69, 9.17) is 27.9 Å². The second-order valence-corrected chi connectivity index (χ2v) is 5.93. The van der Waals surface area contributed by atoms with Gasteiger partial charge in [-0.1, -0.05) is 41.4 Å². The van der Waals surface area contributed by atoms with E-state index in [9.17, 15) is 4.79 Å². The maximum atomic E-state index is 12.6. The predicted octanol–water partition coefficient (Wildman–Crippen LogP) is 4.16. The van der Waals surface area contributed by atoms with Crippen molar-refractivity contribution in [3.8, 4) is 0 Å². The van der Waals surface area contributed by atoms with E-state index >= 15 is 0 Å². The minimum absolute atomic E-state index is 0.0911. The van der Waals surface area contributed by atoms with Crippen molar-refractivity contribution in [2.45, 2.75) is 12.1 Å². The number of Topliss-reactive ketones (excluding diaryl/α,β-unsaturated/α-hetero) is 1. The molecule has 0 bridgehead atoms. The molecule has 2 aromatic carbocycles. The summed E-state index contributed by atoms with van der Waals surface area (Å²) in [6, 6.07) is 12.0. The predicted molar refractivity (Wildman–Crippen MR) is 86.2 cm³/mol. The summed E-state index contributed by atoms with van der Waals surface area (Å²) < 4.78 is 5.75. The van der Waals surface area contributed by atoms with Crippen molar-refractivity contribution < 1.29 is 9.53 Å². The number of halogens is 2. The van der Waals surface area contributed by atoms with Gasteiger partial charge in [0.2, 0.25) is 11.7 Å². The highest BCUT2D eigenvalue weighted by molar-refractivity contribution is 6.42. The van der Waals surface area contributed by atoms with Crippen molar-refractivity contribution in [1.82, 2.24) is 0 Å². The summed E-state index contributed by atoms with van der Waals surface area (Å²) in [6.45, 7) is 0. The fourth-order valence-corrected chi connectivity index (χ4v) is 2.93. The number of nitrogens with zero attached hydrogens (tertiary/aromatic N) is 1. The van der Waals surface area contributed by atoms with Gasteiger partial charge in [0.25, 0.3) is 0 Å². The Hall–Kier alpha value is -2.04. The van der Waals surface area contributed by atoms with Crippen molar-refractivity contribution in [1.29, 1.82) is 0 Å². The quantitative estimate of drug-likeness (QED) is 0.853. The highest BCUT2D eigenvalue weighted by atomic mass is 35.5. The van der Waals surface area contributed by atoms with E-state index in [0.717, 1.165) is 11.4 Å². The fraction of sp³-hybridized carbons (Fsp3) is 0.125. The largest absolute Gasteiger partial charge is 0.463 e. The van der Waals surface area contributed by atoms with Gasteiger partial charge >= 0.3 is 0 Å². The third-order valence-electron chi connectivity index (χ3n) is 3.71. The average Bonchev–Trinajstić information content (AvgIpc) is 2.84. The standard InChI is InChI=1S/C16H10Cl2N2O2/c17-9-6-5-8(7-10(9)18)15-14(21)13-16(22-15)20-12-4-2-1-3-11(12)19-13/h1-7,13,15,19H/t13-,15-/m1/s1. The number of ether oxygens (including phenoxy) is 1. The summed E-state index contributed by atoms with van der Waals surface area (Å²) in [5.74, 6) is 0.298. The Morgan fingerprint density at radius 1 is 1.09 bits per heavy atom. The molecule has 2 heterocycles. The highest BCUT2D eigenvalue weighted by Gasteiger charge is 2.44. The van der Waals surface area contributed by atoms with Gasteiger partial charge in [-0.15, -0.1) is 0 Å². The van der Waals surface area contributed by atoms with Crippen LogP contribution in [0.5, 0.6) is 0 Å².